The van der Waals surface area contributed by atoms with Gasteiger partial charge in [-0.2, -0.15) is 14.8 Å². The van der Waals surface area contributed by atoms with E-state index in [0.29, 0.717) is 53.1 Å². The van der Waals surface area contributed by atoms with Crippen molar-refractivity contribution in [2.75, 3.05) is 11.9 Å². The Morgan fingerprint density at radius 3 is 2.77 bits per heavy atom. The number of aromatic nitrogens is 6. The SMILES string of the molecule is CC(C)(O)[C@H](F)Cn1nnc(-c2cnc(-c3ccc4cc(C#N)cnn34)cc2NC2CC(CNC(=O)O)C2)c1F. The Kier molecular flexibility index (Phi) is 7.07. The molecule has 1 fully saturated rings. The third-order valence-electron chi connectivity index (χ3n) is 6.96. The van der Waals surface area contributed by atoms with Crippen molar-refractivity contribution in [1.29, 1.82) is 5.26 Å². The number of aliphatic hydroxyl groups is 1. The normalized spacial score (nSPS) is 17.7. The Morgan fingerprint density at radius 2 is 2.08 bits per heavy atom. The van der Waals surface area contributed by atoms with Crippen molar-refractivity contribution >= 4 is 17.3 Å². The van der Waals surface area contributed by atoms with Gasteiger partial charge in [-0.05, 0) is 56.9 Å². The Bertz CT molecular complexity index is 1600. The van der Waals surface area contributed by atoms with Gasteiger partial charge in [-0.15, -0.1) is 5.10 Å². The third kappa shape index (κ3) is 5.41. The van der Waals surface area contributed by atoms with Gasteiger partial charge in [0.25, 0.3) is 0 Å². The van der Waals surface area contributed by atoms with Crippen LogP contribution in [0.1, 0.15) is 32.3 Å². The molecule has 0 saturated heterocycles. The van der Waals surface area contributed by atoms with E-state index in [-0.39, 0.29) is 17.7 Å². The van der Waals surface area contributed by atoms with Gasteiger partial charge in [-0.3, -0.25) is 4.98 Å². The molecule has 0 unspecified atom stereocenters. The molecule has 0 aromatic carbocycles. The molecule has 0 radical (unpaired) electrons. The highest BCUT2D eigenvalue weighted by atomic mass is 19.1. The lowest BCUT2D eigenvalue weighted by molar-refractivity contribution is -0.0133. The summed E-state index contributed by atoms with van der Waals surface area (Å²) in [6, 6.07) is 9.08. The first-order chi connectivity index (χ1) is 19.0. The minimum absolute atomic E-state index is 0.0153. The van der Waals surface area contributed by atoms with Gasteiger partial charge in [-0.1, -0.05) is 5.21 Å². The van der Waals surface area contributed by atoms with E-state index in [9.17, 15) is 19.6 Å². The van der Waals surface area contributed by atoms with Gasteiger partial charge in [0.1, 0.15) is 12.2 Å². The summed E-state index contributed by atoms with van der Waals surface area (Å²) in [6.07, 6.45) is 1.41. The minimum Gasteiger partial charge on any atom is -0.465 e. The first kappa shape index (κ1) is 26.9. The highest BCUT2D eigenvalue weighted by Gasteiger charge is 2.32. The number of hydrogen-bond acceptors (Lipinski definition) is 8. The number of rotatable bonds is 9. The van der Waals surface area contributed by atoms with E-state index in [0.717, 1.165) is 4.68 Å². The fourth-order valence-corrected chi connectivity index (χ4v) is 4.59. The van der Waals surface area contributed by atoms with Crippen LogP contribution >= 0.6 is 0 Å². The number of pyridine rings is 1. The van der Waals surface area contributed by atoms with E-state index < -0.39 is 30.4 Å². The van der Waals surface area contributed by atoms with Crippen LogP contribution in [-0.4, -0.2) is 70.3 Å². The summed E-state index contributed by atoms with van der Waals surface area (Å²) in [5.74, 6) is -0.715. The van der Waals surface area contributed by atoms with Crippen LogP contribution in [0.4, 0.5) is 19.3 Å². The predicted molar refractivity (Wildman–Crippen MR) is 139 cm³/mol. The summed E-state index contributed by atoms with van der Waals surface area (Å²) < 4.78 is 32.2. The first-order valence-corrected chi connectivity index (χ1v) is 12.6. The van der Waals surface area contributed by atoms with Gasteiger partial charge in [0, 0.05) is 30.0 Å². The highest BCUT2D eigenvalue weighted by Crippen LogP contribution is 2.36. The fraction of sp³-hybridized carbons (Fsp3) is 0.385. The van der Waals surface area contributed by atoms with Crippen molar-refractivity contribution in [1.82, 2.24) is 34.9 Å². The largest absolute Gasteiger partial charge is 0.465 e. The van der Waals surface area contributed by atoms with Gasteiger partial charge in [0.2, 0.25) is 5.95 Å². The van der Waals surface area contributed by atoms with Crippen LogP contribution in [-0.2, 0) is 6.54 Å². The Balaban J connectivity index is 1.48. The number of carboxylic acid groups (broad SMARTS) is 1. The summed E-state index contributed by atoms with van der Waals surface area (Å²) in [6.45, 7) is 2.39. The molecule has 4 heterocycles. The zero-order chi connectivity index (χ0) is 28.6. The van der Waals surface area contributed by atoms with Gasteiger partial charge in [-0.25, -0.2) is 18.4 Å². The molecule has 4 aromatic heterocycles. The average molecular weight is 552 g/mol. The molecular formula is C26H27F2N9O3. The zero-order valence-electron chi connectivity index (χ0n) is 21.7. The molecule has 0 aliphatic heterocycles. The molecule has 1 amide bonds. The number of anilines is 1. The molecular weight excluding hydrogens is 524 g/mol. The number of nitrogens with zero attached hydrogens (tertiary/aromatic N) is 7. The summed E-state index contributed by atoms with van der Waals surface area (Å²) >= 11 is 0. The van der Waals surface area contributed by atoms with Crippen LogP contribution < -0.4 is 10.6 Å². The number of halogens is 2. The number of carbonyl (C=O) groups is 1. The minimum atomic E-state index is -1.78. The second kappa shape index (κ2) is 10.5. The number of amides is 1. The van der Waals surface area contributed by atoms with Crippen LogP contribution in [0.5, 0.6) is 0 Å². The molecule has 4 N–H and O–H groups in total. The first-order valence-electron chi connectivity index (χ1n) is 12.6. The van der Waals surface area contributed by atoms with E-state index >= 15 is 4.39 Å². The van der Waals surface area contributed by atoms with Gasteiger partial charge >= 0.3 is 6.09 Å². The maximum atomic E-state index is 15.4. The molecule has 0 spiro atoms. The number of fused-ring (bicyclic) bond motifs is 1. The van der Waals surface area contributed by atoms with Crippen LogP contribution in [0.2, 0.25) is 0 Å². The van der Waals surface area contributed by atoms with Gasteiger partial charge in [0.15, 0.2) is 5.69 Å². The predicted octanol–water partition coefficient (Wildman–Crippen LogP) is 3.23. The van der Waals surface area contributed by atoms with Crippen molar-refractivity contribution in [2.24, 2.45) is 5.92 Å². The van der Waals surface area contributed by atoms with Crippen LogP contribution in [0.3, 0.4) is 0 Å². The standard InChI is InChI=1S/C26H27F2N9O3/c1-26(2,40)22(27)13-36-24(28)23(34-35-36)18-12-30-20(21-4-3-17-7-15(9-29)11-32-37(17)21)8-19(18)33-16-5-14(6-16)10-31-25(38)39/h3-4,7-8,11-12,14,16,22,31,40H,5-6,10,13H2,1-2H3,(H,30,33)(H,38,39)/t14?,16?,22-/m1/s1. The Labute approximate surface area is 227 Å². The van der Waals surface area contributed by atoms with Crippen molar-refractivity contribution in [3.63, 3.8) is 0 Å². The molecule has 208 valence electrons. The van der Waals surface area contributed by atoms with Crippen LogP contribution in [0, 0.1) is 23.2 Å². The molecule has 1 aliphatic rings. The van der Waals surface area contributed by atoms with E-state index in [1.165, 1.54) is 26.2 Å². The summed E-state index contributed by atoms with van der Waals surface area (Å²) in [7, 11) is 0. The van der Waals surface area contributed by atoms with E-state index in [2.05, 4.69) is 37.1 Å². The van der Waals surface area contributed by atoms with Crippen molar-refractivity contribution < 1.29 is 23.8 Å². The van der Waals surface area contributed by atoms with E-state index in [1.54, 1.807) is 28.8 Å². The van der Waals surface area contributed by atoms with Crippen LogP contribution in [0.15, 0.2) is 36.7 Å². The maximum absolute atomic E-state index is 15.4. The number of nitrogens with one attached hydrogen (secondary N) is 2. The third-order valence-corrected chi connectivity index (χ3v) is 6.96. The molecule has 12 nitrogen and oxygen atoms in total. The number of alkyl halides is 1. The molecule has 1 aliphatic carbocycles. The summed E-state index contributed by atoms with van der Waals surface area (Å²) in [5.41, 5.74) is 1.26. The van der Waals surface area contributed by atoms with Gasteiger partial charge in [0.05, 0.1) is 40.8 Å². The fourth-order valence-electron chi connectivity index (χ4n) is 4.59. The second-order valence-corrected chi connectivity index (χ2v) is 10.4. The lowest BCUT2D eigenvalue weighted by Gasteiger charge is -2.36. The lowest BCUT2D eigenvalue weighted by atomic mass is 9.80. The molecule has 1 atom stereocenters. The summed E-state index contributed by atoms with van der Waals surface area (Å²) in [4.78, 5) is 15.3. The van der Waals surface area contributed by atoms with E-state index in [1.807, 2.05) is 0 Å². The monoisotopic (exact) mass is 551 g/mol. The molecule has 1 saturated carbocycles. The number of hydrogen-bond donors (Lipinski definition) is 4. The molecule has 14 heteroatoms. The molecule has 5 rings (SSSR count). The van der Waals surface area contributed by atoms with Crippen LogP contribution in [0.25, 0.3) is 28.2 Å². The summed E-state index contributed by atoms with van der Waals surface area (Å²) in [5, 5.41) is 45.8. The average Bonchev–Trinajstić information content (AvgIpc) is 3.47. The second-order valence-electron chi connectivity index (χ2n) is 10.4. The van der Waals surface area contributed by atoms with Gasteiger partial charge < -0.3 is 20.8 Å². The molecule has 40 heavy (non-hydrogen) atoms. The smallest absolute Gasteiger partial charge is 0.404 e. The molecule has 0 bridgehead atoms. The highest BCUT2D eigenvalue weighted by molar-refractivity contribution is 5.79. The van der Waals surface area contributed by atoms with Crippen molar-refractivity contribution in [3.05, 3.63) is 48.2 Å². The lowest BCUT2D eigenvalue weighted by Crippen LogP contribution is -2.41. The van der Waals surface area contributed by atoms with E-state index in [4.69, 9.17) is 5.11 Å². The van der Waals surface area contributed by atoms with Crippen molar-refractivity contribution in [3.8, 4) is 28.7 Å². The quantitative estimate of drug-likeness (QED) is 0.244. The van der Waals surface area contributed by atoms with Crippen molar-refractivity contribution in [2.45, 2.75) is 51.0 Å². The molecule has 4 aromatic rings. The Morgan fingerprint density at radius 1 is 1.30 bits per heavy atom. The topological polar surface area (TPSA) is 166 Å². The Hall–Kier alpha value is -4.64. The maximum Gasteiger partial charge on any atom is 0.404 e. The zero-order valence-corrected chi connectivity index (χ0v) is 21.7. The number of nitriles is 1.